The molecule has 0 unspecified atom stereocenters. The number of hydrogen-bond acceptors (Lipinski definition) is 5. The van der Waals surface area contributed by atoms with E-state index in [1.807, 2.05) is 34.9 Å². The number of phenols is 1. The number of aromatic nitrogens is 3. The Kier molecular flexibility index (Phi) is 7.30. The third-order valence-electron chi connectivity index (χ3n) is 4.65. The molecule has 6 nitrogen and oxygen atoms in total. The number of phenolic OH excluding ortho intramolecular Hbond substituents is 1. The number of thioether (sulfide) groups is 1. The number of benzene rings is 2. The van der Waals surface area contributed by atoms with Crippen LogP contribution in [0.25, 0.3) is 11.4 Å². The van der Waals surface area contributed by atoms with E-state index in [0.29, 0.717) is 12.3 Å². The van der Waals surface area contributed by atoms with E-state index in [4.69, 9.17) is 0 Å². The molecule has 3 aromatic rings. The molecule has 0 bridgehead atoms. The molecule has 152 valence electrons. The zero-order chi connectivity index (χ0) is 20.6. The van der Waals surface area contributed by atoms with Crippen molar-refractivity contribution in [3.8, 4) is 17.1 Å². The van der Waals surface area contributed by atoms with Crippen LogP contribution in [0.3, 0.4) is 0 Å². The van der Waals surface area contributed by atoms with Crippen LogP contribution in [0.2, 0.25) is 0 Å². The Bertz CT molecular complexity index is 954. The molecule has 0 radical (unpaired) electrons. The second-order valence-electron chi connectivity index (χ2n) is 6.77. The summed E-state index contributed by atoms with van der Waals surface area (Å²) in [7, 11) is 0. The number of hydrogen-bond donors (Lipinski definition) is 2. The lowest BCUT2D eigenvalue weighted by atomic mass is 10.1. The Morgan fingerprint density at radius 1 is 1.14 bits per heavy atom. The smallest absolute Gasteiger partial charge is 0.230 e. The van der Waals surface area contributed by atoms with Crippen molar-refractivity contribution < 1.29 is 9.90 Å². The van der Waals surface area contributed by atoms with Gasteiger partial charge in [0.05, 0.1) is 5.75 Å². The Labute approximate surface area is 175 Å². The van der Waals surface area contributed by atoms with Crippen LogP contribution in [0.5, 0.6) is 5.75 Å². The highest BCUT2D eigenvalue weighted by Crippen LogP contribution is 2.26. The molecular weight excluding hydrogens is 384 g/mol. The lowest BCUT2D eigenvalue weighted by molar-refractivity contribution is -0.118. The first-order valence-electron chi connectivity index (χ1n) is 9.75. The summed E-state index contributed by atoms with van der Waals surface area (Å²) in [5.74, 6) is 1.40. The van der Waals surface area contributed by atoms with E-state index in [0.717, 1.165) is 47.1 Å². The number of carbonyl (C=O) groups excluding carboxylic acids is 1. The van der Waals surface area contributed by atoms with Crippen molar-refractivity contribution in [1.82, 2.24) is 20.1 Å². The average Bonchev–Trinajstić information content (AvgIpc) is 3.14. The molecule has 1 amide bonds. The maximum atomic E-state index is 12.2. The monoisotopic (exact) mass is 410 g/mol. The molecule has 0 spiro atoms. The van der Waals surface area contributed by atoms with Crippen LogP contribution < -0.4 is 5.32 Å². The first-order valence-corrected chi connectivity index (χ1v) is 10.7. The zero-order valence-corrected chi connectivity index (χ0v) is 17.6. The summed E-state index contributed by atoms with van der Waals surface area (Å²) in [6, 6.07) is 15.3. The number of aromatic hydroxyl groups is 1. The Morgan fingerprint density at radius 2 is 1.90 bits per heavy atom. The van der Waals surface area contributed by atoms with Gasteiger partial charge < -0.3 is 15.0 Å². The topological polar surface area (TPSA) is 80.0 Å². The maximum Gasteiger partial charge on any atom is 0.230 e. The number of carbonyl (C=O) groups is 1. The van der Waals surface area contributed by atoms with Gasteiger partial charge in [-0.3, -0.25) is 4.79 Å². The summed E-state index contributed by atoms with van der Waals surface area (Å²) in [5.41, 5.74) is 3.36. The van der Waals surface area contributed by atoms with E-state index in [9.17, 15) is 9.90 Å². The van der Waals surface area contributed by atoms with E-state index in [-0.39, 0.29) is 11.7 Å². The molecule has 0 saturated heterocycles. The Morgan fingerprint density at radius 3 is 2.62 bits per heavy atom. The van der Waals surface area contributed by atoms with Gasteiger partial charge in [-0.15, -0.1) is 10.2 Å². The fourth-order valence-corrected chi connectivity index (χ4v) is 3.90. The molecule has 7 heteroatoms. The number of amides is 1. The third kappa shape index (κ3) is 5.60. The number of nitrogens with one attached hydrogen (secondary N) is 1. The van der Waals surface area contributed by atoms with Crippen molar-refractivity contribution >= 4 is 17.7 Å². The second-order valence-corrected chi connectivity index (χ2v) is 7.72. The van der Waals surface area contributed by atoms with E-state index in [1.165, 1.54) is 11.8 Å². The first-order chi connectivity index (χ1) is 14.1. The molecule has 3 rings (SSSR count). The van der Waals surface area contributed by atoms with Crippen LogP contribution in [0.15, 0.2) is 53.7 Å². The van der Waals surface area contributed by atoms with Gasteiger partial charge >= 0.3 is 0 Å². The standard InChI is InChI=1S/C22H26N4O2S/c1-3-26-21(19-9-5-4-7-16(19)2)24-25-22(26)29-15-20(28)23-14-6-8-17-10-12-18(27)13-11-17/h4-5,7,9-13,27H,3,6,8,14-15H2,1-2H3,(H,23,28). The number of rotatable bonds is 9. The minimum atomic E-state index is -0.0104. The number of aryl methyl sites for hydroxylation is 2. The Hall–Kier alpha value is -2.80. The van der Waals surface area contributed by atoms with E-state index >= 15 is 0 Å². The molecule has 29 heavy (non-hydrogen) atoms. The van der Waals surface area contributed by atoms with Crippen LogP contribution in [0.1, 0.15) is 24.5 Å². The third-order valence-corrected chi connectivity index (χ3v) is 5.62. The predicted octanol–water partition coefficient (Wildman–Crippen LogP) is 3.82. The molecule has 0 atom stereocenters. The zero-order valence-electron chi connectivity index (χ0n) is 16.8. The van der Waals surface area contributed by atoms with Crippen molar-refractivity contribution in [2.75, 3.05) is 12.3 Å². The minimum absolute atomic E-state index is 0.0104. The van der Waals surface area contributed by atoms with Crippen molar-refractivity contribution in [1.29, 1.82) is 0 Å². The van der Waals surface area contributed by atoms with Gasteiger partial charge in [-0.1, -0.05) is 48.2 Å². The highest BCUT2D eigenvalue weighted by molar-refractivity contribution is 7.99. The summed E-state index contributed by atoms with van der Waals surface area (Å²) in [5, 5.41) is 21.7. The first kappa shape index (κ1) is 20.9. The molecule has 2 aromatic carbocycles. The lowest BCUT2D eigenvalue weighted by Gasteiger charge is -2.09. The van der Waals surface area contributed by atoms with Crippen molar-refractivity contribution in [2.45, 2.75) is 38.4 Å². The second kappa shape index (κ2) is 10.1. The van der Waals surface area contributed by atoms with E-state index in [2.05, 4.69) is 35.4 Å². The Balaban J connectivity index is 1.49. The summed E-state index contributed by atoms with van der Waals surface area (Å²) >= 11 is 1.41. The summed E-state index contributed by atoms with van der Waals surface area (Å²) < 4.78 is 2.05. The summed E-state index contributed by atoms with van der Waals surface area (Å²) in [6.07, 6.45) is 1.71. The van der Waals surface area contributed by atoms with Crippen LogP contribution >= 0.6 is 11.8 Å². The number of nitrogens with zero attached hydrogens (tertiary/aromatic N) is 3. The van der Waals surface area contributed by atoms with Gasteiger partial charge in [0.2, 0.25) is 5.91 Å². The SMILES string of the molecule is CCn1c(SCC(=O)NCCCc2ccc(O)cc2)nnc1-c1ccccc1C. The van der Waals surface area contributed by atoms with E-state index < -0.39 is 0 Å². The molecule has 0 aliphatic carbocycles. The van der Waals surface area contributed by atoms with Gasteiger partial charge in [0.1, 0.15) is 5.75 Å². The van der Waals surface area contributed by atoms with Crippen LogP contribution in [0, 0.1) is 6.92 Å². The molecule has 0 aliphatic heterocycles. The van der Waals surface area contributed by atoms with Crippen LogP contribution in [-0.2, 0) is 17.8 Å². The predicted molar refractivity (Wildman–Crippen MR) is 116 cm³/mol. The molecular formula is C22H26N4O2S. The summed E-state index contributed by atoms with van der Waals surface area (Å²) in [6.45, 7) is 5.48. The molecule has 0 aliphatic rings. The van der Waals surface area contributed by atoms with Gasteiger partial charge in [0.25, 0.3) is 0 Å². The van der Waals surface area contributed by atoms with Gasteiger partial charge in [-0.25, -0.2) is 0 Å². The van der Waals surface area contributed by atoms with Gasteiger partial charge in [0.15, 0.2) is 11.0 Å². The van der Waals surface area contributed by atoms with Crippen LogP contribution in [-0.4, -0.2) is 38.1 Å². The van der Waals surface area contributed by atoms with Crippen molar-refractivity contribution in [3.63, 3.8) is 0 Å². The largest absolute Gasteiger partial charge is 0.508 e. The van der Waals surface area contributed by atoms with Gasteiger partial charge in [0, 0.05) is 18.7 Å². The fraction of sp³-hybridized carbons (Fsp3) is 0.318. The van der Waals surface area contributed by atoms with Gasteiger partial charge in [-0.05, 0) is 49.9 Å². The molecule has 2 N–H and O–H groups in total. The fourth-order valence-electron chi connectivity index (χ4n) is 3.07. The van der Waals surface area contributed by atoms with E-state index in [1.54, 1.807) is 12.1 Å². The summed E-state index contributed by atoms with van der Waals surface area (Å²) in [4.78, 5) is 12.2. The normalized spacial score (nSPS) is 10.8. The highest BCUT2D eigenvalue weighted by atomic mass is 32.2. The van der Waals surface area contributed by atoms with Crippen LogP contribution in [0.4, 0.5) is 0 Å². The average molecular weight is 411 g/mol. The maximum absolute atomic E-state index is 12.2. The molecule has 0 fully saturated rings. The van der Waals surface area contributed by atoms with Gasteiger partial charge in [-0.2, -0.15) is 0 Å². The molecule has 1 aromatic heterocycles. The molecule has 1 heterocycles. The quantitative estimate of drug-likeness (QED) is 0.414. The van der Waals surface area contributed by atoms with Crippen molar-refractivity contribution in [3.05, 3.63) is 59.7 Å². The van der Waals surface area contributed by atoms with Crippen molar-refractivity contribution in [2.24, 2.45) is 0 Å². The minimum Gasteiger partial charge on any atom is -0.508 e. The molecule has 0 saturated carbocycles. The lowest BCUT2D eigenvalue weighted by Crippen LogP contribution is -2.26. The highest BCUT2D eigenvalue weighted by Gasteiger charge is 2.15.